The molecular weight excluding hydrogens is 386 g/mol. The zero-order chi connectivity index (χ0) is 19.0. The van der Waals surface area contributed by atoms with E-state index in [1.807, 2.05) is 11.8 Å². The van der Waals surface area contributed by atoms with Crippen LogP contribution in [0.3, 0.4) is 0 Å². The third kappa shape index (κ3) is 3.73. The number of nitrogens with one attached hydrogen (secondary N) is 1. The highest BCUT2D eigenvalue weighted by atomic mass is 35.5. The van der Waals surface area contributed by atoms with Crippen LogP contribution in [0.1, 0.15) is 60.9 Å². The topological polar surface area (TPSA) is 76.0 Å². The lowest BCUT2D eigenvalue weighted by Crippen LogP contribution is -2.40. The Labute approximate surface area is 167 Å². The number of H-pyrrole nitrogens is 1. The Morgan fingerprint density at radius 1 is 1.41 bits per heavy atom. The summed E-state index contributed by atoms with van der Waals surface area (Å²) in [6, 6.07) is 3.79. The largest absolute Gasteiger partial charge is 0.478 e. The van der Waals surface area contributed by atoms with E-state index in [2.05, 4.69) is 19.7 Å². The van der Waals surface area contributed by atoms with Gasteiger partial charge in [0.2, 0.25) is 5.88 Å². The maximum absolute atomic E-state index is 13.1. The van der Waals surface area contributed by atoms with E-state index in [-0.39, 0.29) is 17.5 Å². The van der Waals surface area contributed by atoms with E-state index in [9.17, 15) is 4.79 Å². The molecule has 1 saturated heterocycles. The Morgan fingerprint density at radius 2 is 2.22 bits per heavy atom. The number of hydrogen-bond acceptors (Lipinski definition) is 5. The van der Waals surface area contributed by atoms with Gasteiger partial charge < -0.3 is 14.2 Å². The summed E-state index contributed by atoms with van der Waals surface area (Å²) in [4.78, 5) is 19.2. The molecular formula is C18H22ClN5O2S. The fraction of sp³-hybridized carbons (Fsp3) is 0.556. The van der Waals surface area contributed by atoms with Crippen molar-refractivity contribution in [2.45, 2.75) is 44.6 Å². The normalized spacial score (nSPS) is 19.9. The van der Waals surface area contributed by atoms with E-state index in [0.29, 0.717) is 41.4 Å². The molecule has 2 aromatic rings. The number of likely N-dealkylation sites (tertiary alicyclic amines) is 1. The number of piperidine rings is 1. The van der Waals surface area contributed by atoms with Crippen molar-refractivity contribution in [1.82, 2.24) is 24.6 Å². The van der Waals surface area contributed by atoms with Crippen LogP contribution in [0.4, 0.5) is 0 Å². The van der Waals surface area contributed by atoms with Gasteiger partial charge in [-0.3, -0.25) is 9.89 Å². The highest BCUT2D eigenvalue weighted by Gasteiger charge is 2.34. The van der Waals surface area contributed by atoms with Crippen LogP contribution in [0.2, 0.25) is 5.02 Å². The number of aromatic nitrogens is 4. The zero-order valence-electron chi connectivity index (χ0n) is 15.2. The lowest BCUT2D eigenvalue weighted by molar-refractivity contribution is 0.0696. The number of carbonyl (C=O) groups is 1. The van der Waals surface area contributed by atoms with Crippen LogP contribution in [-0.4, -0.2) is 50.3 Å². The van der Waals surface area contributed by atoms with Crippen molar-refractivity contribution in [2.75, 3.05) is 19.7 Å². The van der Waals surface area contributed by atoms with Gasteiger partial charge in [-0.25, -0.2) is 4.98 Å². The van der Waals surface area contributed by atoms with Crippen molar-refractivity contribution in [3.05, 3.63) is 33.4 Å². The van der Waals surface area contributed by atoms with Crippen LogP contribution in [0, 0.1) is 4.77 Å². The molecule has 144 valence electrons. The first kappa shape index (κ1) is 18.4. The number of nitrogens with zero attached hydrogens (tertiary/aromatic N) is 4. The highest BCUT2D eigenvalue weighted by molar-refractivity contribution is 7.71. The number of halogens is 1. The maximum Gasteiger partial charge on any atom is 0.274 e. The molecule has 1 saturated carbocycles. The molecule has 1 amide bonds. The predicted octanol–water partition coefficient (Wildman–Crippen LogP) is 3.74. The van der Waals surface area contributed by atoms with Gasteiger partial charge in [0.15, 0.2) is 10.5 Å². The predicted molar refractivity (Wildman–Crippen MR) is 104 cm³/mol. The quantitative estimate of drug-likeness (QED) is 0.764. The summed E-state index contributed by atoms with van der Waals surface area (Å²) in [6.45, 7) is 3.63. The first-order valence-electron chi connectivity index (χ1n) is 9.34. The van der Waals surface area contributed by atoms with Crippen LogP contribution in [0.25, 0.3) is 0 Å². The number of pyridine rings is 1. The minimum absolute atomic E-state index is 0.157. The molecule has 27 heavy (non-hydrogen) atoms. The molecule has 1 aliphatic heterocycles. The van der Waals surface area contributed by atoms with Crippen molar-refractivity contribution in [1.29, 1.82) is 0 Å². The van der Waals surface area contributed by atoms with Gasteiger partial charge in [0, 0.05) is 31.1 Å². The SMILES string of the molecule is CCOc1ccc(Cl)c(C(=O)N2CCCC(c3n[nH]c(=S)n3C3CC3)C2)n1. The van der Waals surface area contributed by atoms with Gasteiger partial charge in [0.25, 0.3) is 5.91 Å². The molecule has 1 atom stereocenters. The Kier molecular flexibility index (Phi) is 5.19. The number of amides is 1. The van der Waals surface area contributed by atoms with Crippen LogP contribution in [-0.2, 0) is 0 Å². The molecule has 3 heterocycles. The highest BCUT2D eigenvalue weighted by Crippen LogP contribution is 2.38. The lowest BCUT2D eigenvalue weighted by Gasteiger charge is -2.32. The van der Waals surface area contributed by atoms with Gasteiger partial charge in [-0.1, -0.05) is 11.6 Å². The van der Waals surface area contributed by atoms with Crippen LogP contribution >= 0.6 is 23.8 Å². The van der Waals surface area contributed by atoms with E-state index in [1.165, 1.54) is 0 Å². The molecule has 0 bridgehead atoms. The molecule has 0 aromatic carbocycles. The van der Waals surface area contributed by atoms with Gasteiger partial charge in [0.1, 0.15) is 5.82 Å². The average Bonchev–Trinajstić information content (AvgIpc) is 3.44. The van der Waals surface area contributed by atoms with E-state index in [4.69, 9.17) is 28.6 Å². The number of hydrogen-bond donors (Lipinski definition) is 1. The molecule has 2 fully saturated rings. The van der Waals surface area contributed by atoms with Crippen molar-refractivity contribution >= 4 is 29.7 Å². The Bertz CT molecular complexity index is 907. The first-order valence-corrected chi connectivity index (χ1v) is 10.1. The summed E-state index contributed by atoms with van der Waals surface area (Å²) in [6.07, 6.45) is 4.17. The van der Waals surface area contributed by atoms with Gasteiger partial charge in [-0.05, 0) is 50.9 Å². The van der Waals surface area contributed by atoms with Gasteiger partial charge in [-0.15, -0.1) is 0 Å². The third-order valence-electron chi connectivity index (χ3n) is 5.03. The van der Waals surface area contributed by atoms with Crippen LogP contribution in [0.15, 0.2) is 12.1 Å². The Balaban J connectivity index is 1.56. The standard InChI is InChI=1S/C18H22ClN5O2S/c1-2-26-14-8-7-13(19)15(20-14)17(25)23-9-3-4-11(10-23)16-21-22-18(27)24(16)12-5-6-12/h7-8,11-12H,2-6,9-10H2,1H3,(H,22,27). The molecule has 1 aliphatic carbocycles. The Hall–Kier alpha value is -1.93. The molecule has 2 aromatic heterocycles. The molecule has 7 nitrogen and oxygen atoms in total. The average molecular weight is 408 g/mol. The van der Waals surface area contributed by atoms with Crippen LogP contribution in [0.5, 0.6) is 5.88 Å². The van der Waals surface area contributed by atoms with E-state index >= 15 is 0 Å². The molecule has 4 rings (SSSR count). The van der Waals surface area contributed by atoms with E-state index in [1.54, 1.807) is 12.1 Å². The summed E-state index contributed by atoms with van der Waals surface area (Å²) in [7, 11) is 0. The second-order valence-electron chi connectivity index (χ2n) is 6.99. The minimum Gasteiger partial charge on any atom is -0.478 e. The number of ether oxygens (including phenoxy) is 1. The summed E-state index contributed by atoms with van der Waals surface area (Å²) in [5.74, 6) is 1.36. The number of aromatic amines is 1. The van der Waals surface area contributed by atoms with Gasteiger partial charge in [0.05, 0.1) is 11.6 Å². The van der Waals surface area contributed by atoms with E-state index in [0.717, 1.165) is 31.5 Å². The molecule has 9 heteroatoms. The molecule has 2 aliphatic rings. The zero-order valence-corrected chi connectivity index (χ0v) is 16.7. The molecule has 0 radical (unpaired) electrons. The second-order valence-corrected chi connectivity index (χ2v) is 7.79. The van der Waals surface area contributed by atoms with Gasteiger partial charge in [-0.2, -0.15) is 5.10 Å². The third-order valence-corrected chi connectivity index (χ3v) is 5.63. The molecule has 0 spiro atoms. The van der Waals surface area contributed by atoms with Crippen molar-refractivity contribution < 1.29 is 9.53 Å². The van der Waals surface area contributed by atoms with Crippen molar-refractivity contribution in [3.8, 4) is 5.88 Å². The van der Waals surface area contributed by atoms with Crippen molar-refractivity contribution in [3.63, 3.8) is 0 Å². The van der Waals surface area contributed by atoms with Crippen molar-refractivity contribution in [2.24, 2.45) is 0 Å². The fourth-order valence-electron chi connectivity index (χ4n) is 3.62. The summed E-state index contributed by atoms with van der Waals surface area (Å²) < 4.78 is 8.22. The minimum atomic E-state index is -0.168. The smallest absolute Gasteiger partial charge is 0.274 e. The van der Waals surface area contributed by atoms with Crippen LogP contribution < -0.4 is 4.74 Å². The second kappa shape index (κ2) is 7.59. The monoisotopic (exact) mass is 407 g/mol. The molecule has 1 N–H and O–H groups in total. The fourth-order valence-corrected chi connectivity index (χ4v) is 4.09. The maximum atomic E-state index is 13.1. The van der Waals surface area contributed by atoms with Gasteiger partial charge >= 0.3 is 0 Å². The molecule has 1 unspecified atom stereocenters. The van der Waals surface area contributed by atoms with E-state index < -0.39 is 0 Å². The number of carbonyl (C=O) groups excluding carboxylic acids is 1. The summed E-state index contributed by atoms with van der Waals surface area (Å²) in [5.41, 5.74) is 0.240. The summed E-state index contributed by atoms with van der Waals surface area (Å²) >= 11 is 11.6. The lowest BCUT2D eigenvalue weighted by atomic mass is 9.96. The summed E-state index contributed by atoms with van der Waals surface area (Å²) in [5, 5.41) is 7.73. The first-order chi connectivity index (χ1) is 13.1. The Morgan fingerprint density at radius 3 is 2.96 bits per heavy atom. The number of rotatable bonds is 5.